The van der Waals surface area contributed by atoms with Crippen molar-refractivity contribution in [2.45, 2.75) is 38.9 Å². The van der Waals surface area contributed by atoms with E-state index in [0.29, 0.717) is 25.2 Å². The van der Waals surface area contributed by atoms with Gasteiger partial charge in [-0.25, -0.2) is 4.79 Å². The van der Waals surface area contributed by atoms with E-state index < -0.39 is 24.4 Å². The Hall–Kier alpha value is -1.05. The molecule has 1 fully saturated rings. The number of carboxylic acid groups (broad SMARTS) is 1. The monoisotopic (exact) mass is 269 g/mol. The second kappa shape index (κ2) is 4.81. The summed E-state index contributed by atoms with van der Waals surface area (Å²) in [5.41, 5.74) is -0.198. The van der Waals surface area contributed by atoms with Gasteiger partial charge in [-0.15, -0.1) is 0 Å². The summed E-state index contributed by atoms with van der Waals surface area (Å²) < 4.78 is 17.2. The summed E-state index contributed by atoms with van der Waals surface area (Å²) in [5, 5.41) is 9.07. The molecule has 2 rings (SSSR count). The van der Waals surface area contributed by atoms with Gasteiger partial charge >= 0.3 is 13.2 Å². The van der Waals surface area contributed by atoms with Gasteiger partial charge in [-0.2, -0.15) is 0 Å². The van der Waals surface area contributed by atoms with Crippen LogP contribution in [0.25, 0.3) is 0 Å². The zero-order valence-corrected chi connectivity index (χ0v) is 11.8. The van der Waals surface area contributed by atoms with Crippen LogP contribution in [0.5, 0.6) is 0 Å². The maximum Gasteiger partial charge on any atom is 0.494 e. The Morgan fingerprint density at radius 3 is 2.42 bits per heavy atom. The predicted octanol–water partition coefficient (Wildman–Crippen LogP) is 1.51. The van der Waals surface area contributed by atoms with Gasteiger partial charge in [-0.3, -0.25) is 4.90 Å². The van der Waals surface area contributed by atoms with E-state index in [1.807, 2.05) is 27.7 Å². The van der Waals surface area contributed by atoms with E-state index in [0.717, 1.165) is 0 Å². The van der Waals surface area contributed by atoms with Crippen molar-refractivity contribution < 1.29 is 23.9 Å². The number of ether oxygens (including phenoxy) is 1. The molecule has 7 heteroatoms. The first-order valence-electron chi connectivity index (χ1n) is 6.36. The molecule has 0 unspecified atom stereocenters. The summed E-state index contributed by atoms with van der Waals surface area (Å²) in [6.07, 6.45) is 0.553. The predicted molar refractivity (Wildman–Crippen MR) is 69.7 cm³/mol. The number of rotatable bonds is 1. The highest BCUT2D eigenvalue weighted by molar-refractivity contribution is 6.54. The lowest BCUT2D eigenvalue weighted by molar-refractivity contribution is 0.00578. The van der Waals surface area contributed by atoms with Crippen molar-refractivity contribution in [3.63, 3.8) is 0 Å². The third kappa shape index (κ3) is 2.78. The van der Waals surface area contributed by atoms with Crippen molar-refractivity contribution in [3.05, 3.63) is 11.7 Å². The van der Waals surface area contributed by atoms with Gasteiger partial charge in [0.2, 0.25) is 0 Å². The minimum atomic E-state index is -1.00. The molecule has 0 aliphatic carbocycles. The molecule has 106 valence electrons. The molecule has 6 nitrogen and oxygen atoms in total. The molecule has 0 saturated carbocycles. The molecule has 0 radical (unpaired) electrons. The van der Waals surface area contributed by atoms with E-state index in [2.05, 4.69) is 0 Å². The van der Waals surface area contributed by atoms with E-state index in [4.69, 9.17) is 19.2 Å². The van der Waals surface area contributed by atoms with Crippen molar-refractivity contribution in [3.8, 4) is 0 Å². The summed E-state index contributed by atoms with van der Waals surface area (Å²) in [6, 6.07) is 0. The van der Waals surface area contributed by atoms with Crippen LogP contribution in [-0.4, -0.2) is 54.2 Å². The minimum Gasteiger partial charge on any atom is -0.465 e. The molecule has 2 heterocycles. The van der Waals surface area contributed by atoms with E-state index in [1.165, 1.54) is 4.90 Å². The standard InChI is InChI=1S/C12H20BNO5/c1-11(2)12(3,4)19-13(18-11)9-7-14(10(15)16)5-6-17-8-9/h7H,5-6,8H2,1-4H3,(H,15,16). The van der Waals surface area contributed by atoms with Crippen LogP contribution in [0.1, 0.15) is 27.7 Å². The lowest BCUT2D eigenvalue weighted by Crippen LogP contribution is -2.41. The summed E-state index contributed by atoms with van der Waals surface area (Å²) in [7, 11) is -0.565. The number of carbonyl (C=O) groups is 1. The maximum absolute atomic E-state index is 11.1. The highest BCUT2D eigenvalue weighted by atomic mass is 16.7. The molecular formula is C12H20BNO5. The fourth-order valence-electron chi connectivity index (χ4n) is 1.93. The summed E-state index contributed by atoms with van der Waals surface area (Å²) in [4.78, 5) is 12.3. The fourth-order valence-corrected chi connectivity index (χ4v) is 1.93. The molecule has 2 aliphatic rings. The van der Waals surface area contributed by atoms with Crippen molar-refractivity contribution >= 4 is 13.2 Å². The zero-order chi connectivity index (χ0) is 14.3. The second-order valence-electron chi connectivity index (χ2n) is 5.82. The second-order valence-corrected chi connectivity index (χ2v) is 5.82. The first kappa shape index (κ1) is 14.4. The van der Waals surface area contributed by atoms with Crippen molar-refractivity contribution in [1.29, 1.82) is 0 Å². The number of nitrogens with zero attached hydrogens (tertiary/aromatic N) is 1. The van der Waals surface area contributed by atoms with Gasteiger partial charge in [0.05, 0.1) is 31.0 Å². The lowest BCUT2D eigenvalue weighted by atomic mass is 9.79. The van der Waals surface area contributed by atoms with Gasteiger partial charge < -0.3 is 19.2 Å². The van der Waals surface area contributed by atoms with Gasteiger partial charge in [0, 0.05) is 11.7 Å². The average molecular weight is 269 g/mol. The number of amides is 1. The third-order valence-corrected chi connectivity index (χ3v) is 3.87. The van der Waals surface area contributed by atoms with Crippen LogP contribution >= 0.6 is 0 Å². The zero-order valence-electron chi connectivity index (χ0n) is 11.8. The quantitative estimate of drug-likeness (QED) is 0.731. The van der Waals surface area contributed by atoms with Crippen LogP contribution < -0.4 is 0 Å². The van der Waals surface area contributed by atoms with Crippen LogP contribution in [0.15, 0.2) is 11.7 Å². The molecule has 0 atom stereocenters. The highest BCUT2D eigenvalue weighted by Gasteiger charge is 2.52. The van der Waals surface area contributed by atoms with Crippen LogP contribution in [0.3, 0.4) is 0 Å². The van der Waals surface area contributed by atoms with Gasteiger partial charge in [0.25, 0.3) is 0 Å². The molecule has 0 spiro atoms. The Kier molecular flexibility index (Phi) is 3.64. The van der Waals surface area contributed by atoms with Crippen molar-refractivity contribution in [1.82, 2.24) is 4.90 Å². The van der Waals surface area contributed by atoms with Crippen LogP contribution in [0.2, 0.25) is 0 Å². The molecule has 0 aromatic carbocycles. The van der Waals surface area contributed by atoms with Crippen molar-refractivity contribution in [2.24, 2.45) is 0 Å². The Bertz CT molecular complexity index is 391. The Labute approximate surface area is 113 Å². The van der Waals surface area contributed by atoms with Crippen LogP contribution in [0, 0.1) is 0 Å². The normalized spacial score (nSPS) is 26.0. The molecule has 19 heavy (non-hydrogen) atoms. The number of hydrogen-bond donors (Lipinski definition) is 1. The molecule has 0 aromatic rings. The fraction of sp³-hybridized carbons (Fsp3) is 0.750. The third-order valence-electron chi connectivity index (χ3n) is 3.87. The molecule has 2 aliphatic heterocycles. The van der Waals surface area contributed by atoms with E-state index >= 15 is 0 Å². The maximum atomic E-state index is 11.1. The van der Waals surface area contributed by atoms with Crippen molar-refractivity contribution in [2.75, 3.05) is 19.8 Å². The van der Waals surface area contributed by atoms with Gasteiger partial charge in [0.1, 0.15) is 0 Å². The topological polar surface area (TPSA) is 68.2 Å². The van der Waals surface area contributed by atoms with E-state index in [-0.39, 0.29) is 0 Å². The average Bonchev–Trinajstić information content (AvgIpc) is 2.47. The van der Waals surface area contributed by atoms with E-state index in [1.54, 1.807) is 6.20 Å². The van der Waals surface area contributed by atoms with Crippen LogP contribution in [0.4, 0.5) is 4.79 Å². The highest BCUT2D eigenvalue weighted by Crippen LogP contribution is 2.38. The number of hydrogen-bond acceptors (Lipinski definition) is 4. The molecule has 1 amide bonds. The molecule has 0 aromatic heterocycles. The molecule has 1 saturated heterocycles. The minimum absolute atomic E-state index is 0.318. The summed E-state index contributed by atoms with van der Waals surface area (Å²) >= 11 is 0. The Balaban J connectivity index is 2.19. The summed E-state index contributed by atoms with van der Waals surface area (Å²) in [5.74, 6) is 0. The SMILES string of the molecule is CC1(C)OB(C2=CN(C(=O)O)CCOC2)OC1(C)C. The smallest absolute Gasteiger partial charge is 0.465 e. The van der Waals surface area contributed by atoms with Crippen LogP contribution in [-0.2, 0) is 14.0 Å². The first-order valence-corrected chi connectivity index (χ1v) is 6.36. The van der Waals surface area contributed by atoms with Gasteiger partial charge in [-0.05, 0) is 27.7 Å². The van der Waals surface area contributed by atoms with Gasteiger partial charge in [-0.1, -0.05) is 0 Å². The molecule has 0 bridgehead atoms. The Morgan fingerprint density at radius 2 is 1.89 bits per heavy atom. The Morgan fingerprint density at radius 1 is 1.32 bits per heavy atom. The lowest BCUT2D eigenvalue weighted by Gasteiger charge is -2.32. The van der Waals surface area contributed by atoms with Gasteiger partial charge in [0.15, 0.2) is 0 Å². The van der Waals surface area contributed by atoms with E-state index in [9.17, 15) is 4.79 Å². The first-order chi connectivity index (χ1) is 8.73. The summed E-state index contributed by atoms with van der Waals surface area (Å²) in [6.45, 7) is 8.84. The molecule has 1 N–H and O–H groups in total. The molecular weight excluding hydrogens is 249 g/mol. The largest absolute Gasteiger partial charge is 0.494 e.